The third kappa shape index (κ3) is 3.73. The maximum atomic E-state index is 13.6. The number of fused-ring (bicyclic) bond motifs is 1. The van der Waals surface area contributed by atoms with Gasteiger partial charge in [-0.3, -0.25) is 14.4 Å². The maximum Gasteiger partial charge on any atom is 0.245 e. The van der Waals surface area contributed by atoms with Crippen molar-refractivity contribution in [2.24, 2.45) is 17.8 Å². The van der Waals surface area contributed by atoms with Gasteiger partial charge in [0.1, 0.15) is 11.6 Å². The molecule has 3 fully saturated rings. The highest BCUT2D eigenvalue weighted by atomic mass is 16.5. The number of hydrogen-bond donors (Lipinski definition) is 3. The molecule has 6 atom stereocenters. The SMILES string of the molecule is CCCCNC(=O)C1N(CCO)C(=O)[C@@H]2[C@@H](C(=O)NCc3ccccc3)[C@]3(C)OC12CC3C. The molecule has 0 aliphatic carbocycles. The van der Waals surface area contributed by atoms with Gasteiger partial charge in [-0.25, -0.2) is 0 Å². The highest BCUT2D eigenvalue weighted by molar-refractivity contribution is 5.99. The van der Waals surface area contributed by atoms with Crippen molar-refractivity contribution in [2.45, 2.75) is 63.8 Å². The Bertz CT molecular complexity index is 909. The fourth-order valence-electron chi connectivity index (χ4n) is 6.17. The van der Waals surface area contributed by atoms with Crippen LogP contribution in [0.1, 0.15) is 45.6 Å². The average molecular weight is 458 g/mol. The van der Waals surface area contributed by atoms with Crippen molar-refractivity contribution < 1.29 is 24.2 Å². The first kappa shape index (κ1) is 23.7. The third-order valence-electron chi connectivity index (χ3n) is 7.83. The Morgan fingerprint density at radius 2 is 1.94 bits per heavy atom. The van der Waals surface area contributed by atoms with Crippen LogP contribution in [0.25, 0.3) is 0 Å². The van der Waals surface area contributed by atoms with E-state index in [1.807, 2.05) is 51.1 Å². The molecule has 3 saturated heterocycles. The summed E-state index contributed by atoms with van der Waals surface area (Å²) >= 11 is 0. The number of β-amino-alcohol motifs (C(OH)–C–C–N with tert-alkyl or cyclic N) is 1. The highest BCUT2D eigenvalue weighted by Gasteiger charge is 2.79. The summed E-state index contributed by atoms with van der Waals surface area (Å²) in [5.41, 5.74) is -0.935. The molecule has 1 aromatic rings. The molecule has 8 heteroatoms. The molecule has 0 saturated carbocycles. The summed E-state index contributed by atoms with van der Waals surface area (Å²) in [6.07, 6.45) is 2.30. The van der Waals surface area contributed by atoms with Gasteiger partial charge in [-0.05, 0) is 31.2 Å². The van der Waals surface area contributed by atoms with E-state index in [1.165, 1.54) is 4.90 Å². The van der Waals surface area contributed by atoms with Crippen LogP contribution >= 0.6 is 0 Å². The molecule has 3 amide bonds. The number of benzene rings is 1. The molecular formula is C25H35N3O5. The van der Waals surface area contributed by atoms with Crippen LogP contribution in [0, 0.1) is 17.8 Å². The third-order valence-corrected chi connectivity index (χ3v) is 7.83. The van der Waals surface area contributed by atoms with E-state index in [-0.39, 0.29) is 36.8 Å². The second-order valence-corrected chi connectivity index (χ2v) is 9.81. The number of rotatable bonds is 9. The Balaban J connectivity index is 1.64. The number of nitrogens with one attached hydrogen (secondary N) is 2. The number of aliphatic hydroxyl groups is 1. The lowest BCUT2D eigenvalue weighted by Crippen LogP contribution is -2.56. The number of nitrogens with zero attached hydrogens (tertiary/aromatic N) is 1. The Labute approximate surface area is 195 Å². The topological polar surface area (TPSA) is 108 Å². The monoisotopic (exact) mass is 457 g/mol. The van der Waals surface area contributed by atoms with Gasteiger partial charge < -0.3 is 25.4 Å². The van der Waals surface area contributed by atoms with Crippen molar-refractivity contribution >= 4 is 17.7 Å². The summed E-state index contributed by atoms with van der Waals surface area (Å²) in [5.74, 6) is -2.24. The smallest absolute Gasteiger partial charge is 0.245 e. The number of aliphatic hydroxyl groups excluding tert-OH is 1. The fourth-order valence-corrected chi connectivity index (χ4v) is 6.17. The number of carbonyl (C=O) groups excluding carboxylic acids is 3. The molecule has 8 nitrogen and oxygen atoms in total. The largest absolute Gasteiger partial charge is 0.395 e. The molecule has 180 valence electrons. The quantitative estimate of drug-likeness (QED) is 0.484. The van der Waals surface area contributed by atoms with E-state index in [0.717, 1.165) is 18.4 Å². The number of carbonyl (C=O) groups is 3. The van der Waals surface area contributed by atoms with Crippen molar-refractivity contribution in [3.05, 3.63) is 35.9 Å². The lowest BCUT2D eigenvalue weighted by atomic mass is 9.62. The first-order valence-electron chi connectivity index (χ1n) is 12.0. The van der Waals surface area contributed by atoms with Crippen LogP contribution < -0.4 is 10.6 Å². The van der Waals surface area contributed by atoms with Crippen molar-refractivity contribution in [1.82, 2.24) is 15.5 Å². The van der Waals surface area contributed by atoms with Gasteiger partial charge in [-0.2, -0.15) is 0 Å². The Morgan fingerprint density at radius 3 is 2.61 bits per heavy atom. The summed E-state index contributed by atoms with van der Waals surface area (Å²) in [5, 5.41) is 15.6. The second kappa shape index (κ2) is 9.06. The first-order valence-corrected chi connectivity index (χ1v) is 12.0. The van der Waals surface area contributed by atoms with E-state index in [2.05, 4.69) is 10.6 Å². The number of likely N-dealkylation sites (tertiary alicyclic amines) is 1. The van der Waals surface area contributed by atoms with Gasteiger partial charge in [-0.15, -0.1) is 0 Å². The molecule has 1 spiro atoms. The second-order valence-electron chi connectivity index (χ2n) is 9.81. The summed E-state index contributed by atoms with van der Waals surface area (Å²) < 4.78 is 6.59. The van der Waals surface area contributed by atoms with Crippen molar-refractivity contribution in [2.75, 3.05) is 19.7 Å². The Morgan fingerprint density at radius 1 is 1.21 bits per heavy atom. The lowest BCUT2D eigenvalue weighted by molar-refractivity contribution is -0.148. The molecule has 1 aromatic carbocycles. The fraction of sp³-hybridized carbons (Fsp3) is 0.640. The number of unbranched alkanes of at least 4 members (excludes halogenated alkanes) is 1. The molecule has 3 aliphatic rings. The molecule has 4 rings (SSSR count). The van der Waals surface area contributed by atoms with Crippen molar-refractivity contribution in [3.8, 4) is 0 Å². The molecule has 33 heavy (non-hydrogen) atoms. The van der Waals surface area contributed by atoms with Crippen LogP contribution in [-0.2, 0) is 25.7 Å². The van der Waals surface area contributed by atoms with Gasteiger partial charge in [0.15, 0.2) is 0 Å². The summed E-state index contributed by atoms with van der Waals surface area (Å²) in [4.78, 5) is 41.8. The molecule has 2 bridgehead atoms. The summed E-state index contributed by atoms with van der Waals surface area (Å²) in [7, 11) is 0. The van der Waals surface area contributed by atoms with Crippen LogP contribution in [-0.4, -0.2) is 64.7 Å². The minimum absolute atomic E-state index is 0.00552. The minimum atomic E-state index is -1.06. The minimum Gasteiger partial charge on any atom is -0.395 e. The average Bonchev–Trinajstić information content (AvgIpc) is 3.30. The Kier molecular flexibility index (Phi) is 6.51. The normalized spacial score (nSPS) is 34.4. The van der Waals surface area contributed by atoms with E-state index in [4.69, 9.17) is 4.74 Å². The van der Waals surface area contributed by atoms with E-state index in [9.17, 15) is 19.5 Å². The number of amides is 3. The van der Waals surface area contributed by atoms with Gasteiger partial charge in [0.2, 0.25) is 17.7 Å². The predicted octanol–water partition coefficient (Wildman–Crippen LogP) is 1.22. The Hall–Kier alpha value is -2.45. The van der Waals surface area contributed by atoms with E-state index < -0.39 is 29.1 Å². The van der Waals surface area contributed by atoms with Gasteiger partial charge >= 0.3 is 0 Å². The van der Waals surface area contributed by atoms with Crippen LogP contribution in [0.2, 0.25) is 0 Å². The molecule has 3 N–H and O–H groups in total. The van der Waals surface area contributed by atoms with Gasteiger partial charge in [0, 0.05) is 19.6 Å². The molecule has 3 unspecified atom stereocenters. The number of ether oxygens (including phenoxy) is 1. The molecule has 3 aliphatic heterocycles. The van der Waals surface area contributed by atoms with E-state index in [1.54, 1.807) is 0 Å². The maximum absolute atomic E-state index is 13.6. The highest BCUT2D eigenvalue weighted by Crippen LogP contribution is 2.65. The zero-order valence-corrected chi connectivity index (χ0v) is 19.7. The zero-order chi connectivity index (χ0) is 23.8. The predicted molar refractivity (Wildman–Crippen MR) is 122 cm³/mol. The van der Waals surface area contributed by atoms with Crippen LogP contribution in [0.3, 0.4) is 0 Å². The van der Waals surface area contributed by atoms with E-state index >= 15 is 0 Å². The molecule has 0 radical (unpaired) electrons. The van der Waals surface area contributed by atoms with Crippen molar-refractivity contribution in [3.63, 3.8) is 0 Å². The van der Waals surface area contributed by atoms with Gasteiger partial charge in [0.05, 0.1) is 24.0 Å². The van der Waals surface area contributed by atoms with Crippen LogP contribution in [0.4, 0.5) is 0 Å². The van der Waals surface area contributed by atoms with Gasteiger partial charge in [0.25, 0.3) is 0 Å². The van der Waals surface area contributed by atoms with Crippen LogP contribution in [0.15, 0.2) is 30.3 Å². The standard InChI is InChI=1S/C25H35N3O5/c1-4-5-11-26-22(31)20-25-14-16(2)24(3,33-25)18(19(25)23(32)28(20)12-13-29)21(30)27-15-17-9-7-6-8-10-17/h6-10,16,18-20,29H,4-5,11-15H2,1-3H3,(H,26,31)(H,27,30)/t16?,18-,19-,20?,24+,25?/m0/s1. The molecular weight excluding hydrogens is 422 g/mol. The van der Waals surface area contributed by atoms with Gasteiger partial charge in [-0.1, -0.05) is 50.6 Å². The molecule has 0 aromatic heterocycles. The van der Waals surface area contributed by atoms with Crippen molar-refractivity contribution in [1.29, 1.82) is 0 Å². The first-order chi connectivity index (χ1) is 15.8. The zero-order valence-electron chi connectivity index (χ0n) is 19.7. The summed E-state index contributed by atoms with van der Waals surface area (Å²) in [6.45, 7) is 6.61. The number of hydrogen-bond acceptors (Lipinski definition) is 5. The lowest BCUT2D eigenvalue weighted by Gasteiger charge is -2.36. The van der Waals surface area contributed by atoms with E-state index in [0.29, 0.717) is 19.5 Å². The molecule has 3 heterocycles. The summed E-state index contributed by atoms with van der Waals surface area (Å²) in [6, 6.07) is 8.76. The van der Waals surface area contributed by atoms with Crippen LogP contribution in [0.5, 0.6) is 0 Å².